The van der Waals surface area contributed by atoms with E-state index in [0.717, 1.165) is 5.56 Å². The van der Waals surface area contributed by atoms with Gasteiger partial charge < -0.3 is 15.2 Å². The number of carbonyl (C=O) groups is 2. The average molecular weight is 414 g/mol. The summed E-state index contributed by atoms with van der Waals surface area (Å²) in [5, 5.41) is 9.96. The lowest BCUT2D eigenvalue weighted by Crippen LogP contribution is -2.15. The fourth-order valence-corrected chi connectivity index (χ4v) is 3.10. The predicted octanol–water partition coefficient (Wildman–Crippen LogP) is 3.41. The Morgan fingerprint density at radius 1 is 0.968 bits per heavy atom. The van der Waals surface area contributed by atoms with Crippen molar-refractivity contribution >= 4 is 23.2 Å². The number of aromatic nitrogens is 4. The van der Waals surface area contributed by atoms with Crippen molar-refractivity contribution in [1.29, 1.82) is 0 Å². The summed E-state index contributed by atoms with van der Waals surface area (Å²) < 4.78 is 3.60. The maximum absolute atomic E-state index is 12.6. The van der Waals surface area contributed by atoms with E-state index in [9.17, 15) is 9.59 Å². The van der Waals surface area contributed by atoms with Crippen molar-refractivity contribution in [3.8, 4) is 0 Å². The fourth-order valence-electron chi connectivity index (χ4n) is 3.10. The van der Waals surface area contributed by atoms with Crippen LogP contribution >= 0.6 is 0 Å². The Morgan fingerprint density at radius 3 is 2.65 bits per heavy atom. The van der Waals surface area contributed by atoms with Crippen molar-refractivity contribution in [2.75, 3.05) is 10.6 Å². The van der Waals surface area contributed by atoms with Gasteiger partial charge in [-0.2, -0.15) is 5.10 Å². The highest BCUT2D eigenvalue weighted by Crippen LogP contribution is 2.14. The minimum Gasteiger partial charge on any atom is -0.337 e. The lowest BCUT2D eigenvalue weighted by atomic mass is 10.2. The molecular formula is C23H22N6O2. The van der Waals surface area contributed by atoms with Crippen molar-refractivity contribution in [3.05, 3.63) is 96.8 Å². The molecule has 0 spiro atoms. The minimum absolute atomic E-state index is 0.131. The molecule has 0 unspecified atom stereocenters. The van der Waals surface area contributed by atoms with Gasteiger partial charge in [-0.05, 0) is 23.8 Å². The third-order valence-corrected chi connectivity index (χ3v) is 4.64. The molecule has 156 valence electrons. The number of benzene rings is 2. The van der Waals surface area contributed by atoms with Crippen LogP contribution in [-0.4, -0.2) is 31.1 Å². The summed E-state index contributed by atoms with van der Waals surface area (Å²) in [6.45, 7) is 1.16. The van der Waals surface area contributed by atoms with Crippen LogP contribution in [0.3, 0.4) is 0 Å². The number of rotatable bonds is 8. The Balaban J connectivity index is 1.33. The Kier molecular flexibility index (Phi) is 6.18. The number of nitrogens with one attached hydrogen (secondary N) is 2. The van der Waals surface area contributed by atoms with E-state index in [-0.39, 0.29) is 11.8 Å². The molecule has 0 bridgehead atoms. The van der Waals surface area contributed by atoms with Crippen LogP contribution < -0.4 is 10.6 Å². The number of anilines is 2. The molecular weight excluding hydrogens is 392 g/mol. The summed E-state index contributed by atoms with van der Waals surface area (Å²) in [4.78, 5) is 28.8. The minimum atomic E-state index is -0.270. The molecule has 0 saturated heterocycles. The van der Waals surface area contributed by atoms with Crippen LogP contribution in [0.5, 0.6) is 0 Å². The standard InChI is InChI=1S/C23H22N6O2/c30-22(9-11-28-12-10-24-17-28)26-20-8-4-7-19(13-20)23(31)27-21-14-25-29(16-21)15-18-5-2-1-3-6-18/h1-8,10,12-14,16-17H,9,11,15H2,(H,26,30)(H,27,31). The molecule has 4 aromatic rings. The lowest BCUT2D eigenvalue weighted by molar-refractivity contribution is -0.116. The van der Waals surface area contributed by atoms with E-state index in [1.165, 1.54) is 0 Å². The molecule has 2 aromatic carbocycles. The van der Waals surface area contributed by atoms with Gasteiger partial charge >= 0.3 is 0 Å². The molecule has 2 aromatic heterocycles. The number of imidazole rings is 1. The molecule has 2 N–H and O–H groups in total. The summed E-state index contributed by atoms with van der Waals surface area (Å²) >= 11 is 0. The van der Waals surface area contributed by atoms with Crippen molar-refractivity contribution in [2.45, 2.75) is 19.5 Å². The van der Waals surface area contributed by atoms with Crippen LogP contribution in [0, 0.1) is 0 Å². The SMILES string of the molecule is O=C(CCn1ccnc1)Nc1cccc(C(=O)Nc2cnn(Cc3ccccc3)c2)c1. The second-order valence-corrected chi connectivity index (χ2v) is 7.05. The van der Waals surface area contributed by atoms with Crippen LogP contribution in [0.1, 0.15) is 22.3 Å². The summed E-state index contributed by atoms with van der Waals surface area (Å²) in [5.41, 5.74) is 2.75. The molecule has 31 heavy (non-hydrogen) atoms. The zero-order chi connectivity index (χ0) is 21.5. The summed E-state index contributed by atoms with van der Waals surface area (Å²) in [5.74, 6) is -0.401. The summed E-state index contributed by atoms with van der Waals surface area (Å²) in [7, 11) is 0. The van der Waals surface area contributed by atoms with Gasteiger partial charge in [-0.15, -0.1) is 0 Å². The number of carbonyl (C=O) groups excluding carboxylic acids is 2. The van der Waals surface area contributed by atoms with Gasteiger partial charge in [0.1, 0.15) is 0 Å². The molecule has 0 aliphatic heterocycles. The molecule has 0 radical (unpaired) electrons. The largest absolute Gasteiger partial charge is 0.337 e. The first kappa shape index (κ1) is 20.1. The number of nitrogens with zero attached hydrogens (tertiary/aromatic N) is 4. The van der Waals surface area contributed by atoms with E-state index in [0.29, 0.717) is 36.4 Å². The summed E-state index contributed by atoms with van der Waals surface area (Å²) in [6, 6.07) is 16.8. The van der Waals surface area contributed by atoms with Crippen molar-refractivity contribution in [2.24, 2.45) is 0 Å². The van der Waals surface area contributed by atoms with E-state index >= 15 is 0 Å². The Bertz CT molecular complexity index is 1150. The zero-order valence-corrected chi connectivity index (χ0v) is 16.8. The van der Waals surface area contributed by atoms with Gasteiger partial charge in [0, 0.05) is 42.8 Å². The van der Waals surface area contributed by atoms with Gasteiger partial charge in [0.05, 0.1) is 24.8 Å². The maximum atomic E-state index is 12.6. The van der Waals surface area contributed by atoms with Gasteiger partial charge in [-0.1, -0.05) is 36.4 Å². The predicted molar refractivity (Wildman–Crippen MR) is 118 cm³/mol. The van der Waals surface area contributed by atoms with E-state index in [4.69, 9.17) is 0 Å². The van der Waals surface area contributed by atoms with Gasteiger partial charge in [-0.25, -0.2) is 4.98 Å². The van der Waals surface area contributed by atoms with E-state index < -0.39 is 0 Å². The number of hydrogen-bond donors (Lipinski definition) is 2. The topological polar surface area (TPSA) is 93.8 Å². The third kappa shape index (κ3) is 5.66. The highest BCUT2D eigenvalue weighted by Gasteiger charge is 2.10. The summed E-state index contributed by atoms with van der Waals surface area (Å²) in [6.07, 6.45) is 8.86. The van der Waals surface area contributed by atoms with E-state index in [1.54, 1.807) is 60.1 Å². The second kappa shape index (κ2) is 9.53. The van der Waals surface area contributed by atoms with Crippen molar-refractivity contribution < 1.29 is 9.59 Å². The molecule has 2 amide bonds. The molecule has 8 heteroatoms. The van der Waals surface area contributed by atoms with Crippen LogP contribution in [0.15, 0.2) is 85.7 Å². The molecule has 8 nitrogen and oxygen atoms in total. The average Bonchev–Trinajstić information content (AvgIpc) is 3.45. The van der Waals surface area contributed by atoms with Crippen molar-refractivity contribution in [3.63, 3.8) is 0 Å². The smallest absolute Gasteiger partial charge is 0.255 e. The lowest BCUT2D eigenvalue weighted by Gasteiger charge is -2.08. The van der Waals surface area contributed by atoms with Crippen LogP contribution in [0.2, 0.25) is 0 Å². The molecule has 0 saturated carbocycles. The Hall–Kier alpha value is -4.20. The first-order valence-corrected chi connectivity index (χ1v) is 9.89. The van der Waals surface area contributed by atoms with Crippen molar-refractivity contribution in [1.82, 2.24) is 19.3 Å². The van der Waals surface area contributed by atoms with E-state index in [2.05, 4.69) is 20.7 Å². The third-order valence-electron chi connectivity index (χ3n) is 4.64. The fraction of sp³-hybridized carbons (Fsp3) is 0.130. The quantitative estimate of drug-likeness (QED) is 0.462. The molecule has 4 rings (SSSR count). The van der Waals surface area contributed by atoms with Gasteiger partial charge in [0.2, 0.25) is 5.91 Å². The highest BCUT2D eigenvalue weighted by molar-refractivity contribution is 6.05. The first-order valence-electron chi connectivity index (χ1n) is 9.89. The monoisotopic (exact) mass is 414 g/mol. The molecule has 2 heterocycles. The normalized spacial score (nSPS) is 10.6. The van der Waals surface area contributed by atoms with Crippen LogP contribution in [0.4, 0.5) is 11.4 Å². The van der Waals surface area contributed by atoms with Gasteiger partial charge in [-0.3, -0.25) is 14.3 Å². The van der Waals surface area contributed by atoms with Crippen LogP contribution in [-0.2, 0) is 17.9 Å². The van der Waals surface area contributed by atoms with Crippen LogP contribution in [0.25, 0.3) is 0 Å². The molecule has 0 aliphatic rings. The molecule has 0 aliphatic carbocycles. The Morgan fingerprint density at radius 2 is 1.84 bits per heavy atom. The number of hydrogen-bond acceptors (Lipinski definition) is 4. The molecule has 0 fully saturated rings. The number of amides is 2. The van der Waals surface area contributed by atoms with E-state index in [1.807, 2.05) is 34.9 Å². The number of aryl methyl sites for hydroxylation is 1. The maximum Gasteiger partial charge on any atom is 0.255 e. The second-order valence-electron chi connectivity index (χ2n) is 7.05. The molecule has 0 atom stereocenters. The van der Waals surface area contributed by atoms with Gasteiger partial charge in [0.15, 0.2) is 0 Å². The highest BCUT2D eigenvalue weighted by atomic mass is 16.2. The Labute approximate surface area is 179 Å². The first-order chi connectivity index (χ1) is 15.2. The zero-order valence-electron chi connectivity index (χ0n) is 16.8. The van der Waals surface area contributed by atoms with Gasteiger partial charge in [0.25, 0.3) is 5.91 Å².